The number of rotatable bonds is 19. The minimum atomic E-state index is -4.33. The molecule has 3 rings (SSSR count). The van der Waals surface area contributed by atoms with Gasteiger partial charge < -0.3 is 14.2 Å². The number of hydrogen-bond donors (Lipinski definition) is 0. The third-order valence-electron chi connectivity index (χ3n) is 7.28. The summed E-state index contributed by atoms with van der Waals surface area (Å²) in [7, 11) is 0. The molecule has 0 amide bonds. The molecule has 0 aromatic heterocycles. The van der Waals surface area contributed by atoms with E-state index < -0.39 is 35.1 Å². The average Bonchev–Trinajstić information content (AvgIpc) is 3.00. The Morgan fingerprint density at radius 1 is 0.717 bits per heavy atom. The first-order valence-corrected chi connectivity index (χ1v) is 15.4. The number of carbonyl (C=O) groups is 2. The van der Waals surface area contributed by atoms with Crippen molar-refractivity contribution in [2.24, 2.45) is 0 Å². The van der Waals surface area contributed by atoms with Crippen LogP contribution in [0.2, 0.25) is 0 Å². The second kappa shape index (κ2) is 18.1. The van der Waals surface area contributed by atoms with Crippen LogP contribution in [0.4, 0.5) is 22.0 Å². The summed E-state index contributed by atoms with van der Waals surface area (Å²) in [5.74, 6) is -4.90. The number of halogens is 5. The van der Waals surface area contributed by atoms with Crippen LogP contribution in [0.1, 0.15) is 75.0 Å². The highest BCUT2D eigenvalue weighted by Crippen LogP contribution is 2.37. The van der Waals surface area contributed by atoms with Crippen molar-refractivity contribution < 1.29 is 45.8 Å². The lowest BCUT2D eigenvalue weighted by Crippen LogP contribution is -2.25. The molecule has 5 nitrogen and oxygen atoms in total. The maximum absolute atomic E-state index is 15.0. The van der Waals surface area contributed by atoms with Crippen molar-refractivity contribution in [3.63, 3.8) is 0 Å². The van der Waals surface area contributed by atoms with Crippen molar-refractivity contribution in [1.29, 1.82) is 0 Å². The summed E-state index contributed by atoms with van der Waals surface area (Å²) in [4.78, 5) is 21.8. The van der Waals surface area contributed by atoms with Crippen LogP contribution in [0.25, 0.3) is 11.1 Å². The van der Waals surface area contributed by atoms with Crippen LogP contribution in [-0.2, 0) is 38.0 Å². The molecule has 0 bridgehead atoms. The fourth-order valence-electron chi connectivity index (χ4n) is 4.90. The Morgan fingerprint density at radius 2 is 1.26 bits per heavy atom. The van der Waals surface area contributed by atoms with Crippen LogP contribution >= 0.6 is 0 Å². The van der Waals surface area contributed by atoms with Gasteiger partial charge in [-0.05, 0) is 85.5 Å². The highest BCUT2D eigenvalue weighted by Gasteiger charge is 2.41. The van der Waals surface area contributed by atoms with Gasteiger partial charge in [0.15, 0.2) is 0 Å². The molecule has 0 spiro atoms. The van der Waals surface area contributed by atoms with E-state index in [2.05, 4.69) is 6.58 Å². The van der Waals surface area contributed by atoms with Crippen molar-refractivity contribution >= 4 is 11.9 Å². The zero-order valence-corrected chi connectivity index (χ0v) is 25.9. The van der Waals surface area contributed by atoms with E-state index in [4.69, 9.17) is 14.2 Å². The summed E-state index contributed by atoms with van der Waals surface area (Å²) in [5, 5.41) is 0. The number of hydrogen-bond acceptors (Lipinski definition) is 5. The number of benzene rings is 3. The largest absolute Gasteiger partial charge is 0.466 e. The standard InChI is InChI=1S/C36H39F5O5/c1-3-34(43)45-21-11-7-5-9-13-27-16-19-30(31(37)22-27)28-23-32(38)35(33(39)24-28)36(40,41)46-29-17-14-26(15-18-29)12-8-4-6-10-20-44-25(2)42/h3,14-19,22-24H,1,4-13,20-21H2,2H3. The van der Waals surface area contributed by atoms with E-state index >= 15 is 0 Å². The first-order valence-electron chi connectivity index (χ1n) is 15.4. The monoisotopic (exact) mass is 646 g/mol. The molecule has 0 saturated heterocycles. The lowest BCUT2D eigenvalue weighted by molar-refractivity contribution is -0.189. The molecule has 3 aromatic rings. The fraction of sp³-hybridized carbons (Fsp3) is 0.389. The molecular formula is C36H39F5O5. The molecule has 3 aromatic carbocycles. The van der Waals surface area contributed by atoms with Gasteiger partial charge in [-0.1, -0.05) is 56.5 Å². The molecule has 0 aliphatic heterocycles. The molecule has 0 heterocycles. The second-order valence-electron chi connectivity index (χ2n) is 10.9. The summed E-state index contributed by atoms with van der Waals surface area (Å²) in [6.45, 7) is 5.36. The average molecular weight is 647 g/mol. The third-order valence-corrected chi connectivity index (χ3v) is 7.28. The molecule has 10 heteroatoms. The number of carbonyl (C=O) groups excluding carboxylic acids is 2. The minimum Gasteiger partial charge on any atom is -0.466 e. The van der Waals surface area contributed by atoms with Crippen LogP contribution in [0.5, 0.6) is 5.75 Å². The number of alkyl halides is 2. The third kappa shape index (κ3) is 11.6. The van der Waals surface area contributed by atoms with Crippen LogP contribution in [0, 0.1) is 17.5 Å². The van der Waals surface area contributed by atoms with Crippen molar-refractivity contribution in [1.82, 2.24) is 0 Å². The quantitative estimate of drug-likeness (QED) is 0.0562. The maximum atomic E-state index is 15.0. The van der Waals surface area contributed by atoms with Crippen LogP contribution in [0.15, 0.2) is 67.3 Å². The zero-order valence-electron chi connectivity index (χ0n) is 25.9. The molecule has 0 fully saturated rings. The first kappa shape index (κ1) is 36.3. The van der Waals surface area contributed by atoms with Crippen molar-refractivity contribution in [3.05, 3.63) is 101 Å². The SMILES string of the molecule is C=CC(=O)OCCCCCCc1ccc(-c2cc(F)c(C(F)(F)Oc3ccc(CCCCCCOC(C)=O)cc3)c(F)c2)c(F)c1. The van der Waals surface area contributed by atoms with Gasteiger partial charge in [-0.3, -0.25) is 4.79 Å². The minimum absolute atomic E-state index is 0.124. The molecule has 248 valence electrons. The van der Waals surface area contributed by atoms with Crippen molar-refractivity contribution in [2.45, 2.75) is 77.2 Å². The van der Waals surface area contributed by atoms with Gasteiger partial charge in [0.2, 0.25) is 0 Å². The van der Waals surface area contributed by atoms with Gasteiger partial charge in [-0.2, -0.15) is 8.78 Å². The molecule has 46 heavy (non-hydrogen) atoms. The first-order chi connectivity index (χ1) is 22.0. The van der Waals surface area contributed by atoms with E-state index in [1.54, 1.807) is 18.2 Å². The lowest BCUT2D eigenvalue weighted by Gasteiger charge is -2.20. The molecular weight excluding hydrogens is 607 g/mol. The van der Waals surface area contributed by atoms with E-state index in [0.29, 0.717) is 50.2 Å². The van der Waals surface area contributed by atoms with Crippen LogP contribution in [-0.4, -0.2) is 25.2 Å². The van der Waals surface area contributed by atoms with E-state index in [-0.39, 0.29) is 22.8 Å². The lowest BCUT2D eigenvalue weighted by atomic mass is 9.98. The summed E-state index contributed by atoms with van der Waals surface area (Å²) < 4.78 is 89.2. The predicted molar refractivity (Wildman–Crippen MR) is 165 cm³/mol. The van der Waals surface area contributed by atoms with Gasteiger partial charge in [-0.15, -0.1) is 0 Å². The van der Waals surface area contributed by atoms with Gasteiger partial charge in [0, 0.05) is 18.6 Å². The maximum Gasteiger partial charge on any atom is 0.432 e. The van der Waals surface area contributed by atoms with Gasteiger partial charge in [-0.25, -0.2) is 18.0 Å². The summed E-state index contributed by atoms with van der Waals surface area (Å²) in [5.41, 5.74) is -0.344. The van der Waals surface area contributed by atoms with Gasteiger partial charge in [0.1, 0.15) is 28.8 Å². The number of esters is 2. The fourth-order valence-corrected chi connectivity index (χ4v) is 4.90. The normalized spacial score (nSPS) is 11.3. The van der Waals surface area contributed by atoms with Gasteiger partial charge in [0.25, 0.3) is 0 Å². The van der Waals surface area contributed by atoms with E-state index in [1.165, 1.54) is 31.2 Å². The Balaban J connectivity index is 1.54. The molecule has 0 atom stereocenters. The Kier molecular flexibility index (Phi) is 14.2. The van der Waals surface area contributed by atoms with Crippen molar-refractivity contribution in [3.8, 4) is 16.9 Å². The molecule has 0 aliphatic carbocycles. The van der Waals surface area contributed by atoms with Gasteiger partial charge >= 0.3 is 18.0 Å². The van der Waals surface area contributed by atoms with Crippen LogP contribution < -0.4 is 4.74 Å². The summed E-state index contributed by atoms with van der Waals surface area (Å²) in [6.07, 6.45) is 4.52. The van der Waals surface area contributed by atoms with Gasteiger partial charge in [0.05, 0.1) is 13.2 Å². The molecule has 0 saturated carbocycles. The Bertz CT molecular complexity index is 1430. The number of ether oxygens (including phenoxy) is 3. The molecule has 0 N–H and O–H groups in total. The van der Waals surface area contributed by atoms with E-state index in [0.717, 1.165) is 56.6 Å². The molecule has 0 aliphatic rings. The highest BCUT2D eigenvalue weighted by molar-refractivity contribution is 5.81. The second-order valence-corrected chi connectivity index (χ2v) is 10.9. The predicted octanol–water partition coefficient (Wildman–Crippen LogP) is 9.40. The van der Waals surface area contributed by atoms with Crippen LogP contribution in [0.3, 0.4) is 0 Å². The zero-order chi connectivity index (χ0) is 33.5. The van der Waals surface area contributed by atoms with E-state index in [9.17, 15) is 31.5 Å². The Morgan fingerprint density at radius 3 is 1.83 bits per heavy atom. The smallest absolute Gasteiger partial charge is 0.432 e. The summed E-state index contributed by atoms with van der Waals surface area (Å²) >= 11 is 0. The molecule has 0 radical (unpaired) electrons. The number of unbranched alkanes of at least 4 members (excludes halogenated alkanes) is 6. The molecule has 0 unspecified atom stereocenters. The number of aryl methyl sites for hydroxylation is 2. The summed E-state index contributed by atoms with van der Waals surface area (Å²) in [6, 6.07) is 11.4. The Labute approximate surface area is 266 Å². The van der Waals surface area contributed by atoms with Crippen molar-refractivity contribution in [2.75, 3.05) is 13.2 Å². The van der Waals surface area contributed by atoms with E-state index in [1.807, 2.05) is 0 Å². The highest BCUT2D eigenvalue weighted by atomic mass is 19.3. The Hall–Kier alpha value is -4.21. The topological polar surface area (TPSA) is 61.8 Å².